The quantitative estimate of drug-likeness (QED) is 0.646. The number of nitrogens with zero attached hydrogens (tertiary/aromatic N) is 1. The predicted molar refractivity (Wildman–Crippen MR) is 72.8 cm³/mol. The molecule has 1 atom stereocenters. The SMILES string of the molecule is COC(=O)C1CC(=O)N(c2cc(C)c(C)cc2N)C1. The molecular formula is C14H18N2O3. The molecule has 0 aromatic heterocycles. The highest BCUT2D eigenvalue weighted by Crippen LogP contribution is 2.32. The van der Waals surface area contributed by atoms with Crippen LogP contribution in [0.2, 0.25) is 0 Å². The zero-order valence-electron chi connectivity index (χ0n) is 11.4. The first kappa shape index (κ1) is 13.4. The third-order valence-electron chi connectivity index (χ3n) is 3.59. The van der Waals surface area contributed by atoms with Gasteiger partial charge in [0, 0.05) is 13.0 Å². The van der Waals surface area contributed by atoms with Crippen LogP contribution < -0.4 is 10.6 Å². The van der Waals surface area contributed by atoms with Gasteiger partial charge in [-0.1, -0.05) is 0 Å². The van der Waals surface area contributed by atoms with Crippen molar-refractivity contribution in [1.29, 1.82) is 0 Å². The summed E-state index contributed by atoms with van der Waals surface area (Å²) >= 11 is 0. The summed E-state index contributed by atoms with van der Waals surface area (Å²) in [6, 6.07) is 3.74. The van der Waals surface area contributed by atoms with Crippen LogP contribution in [0.1, 0.15) is 17.5 Å². The first-order valence-electron chi connectivity index (χ1n) is 6.19. The van der Waals surface area contributed by atoms with E-state index in [1.807, 2.05) is 26.0 Å². The van der Waals surface area contributed by atoms with Gasteiger partial charge in [-0.2, -0.15) is 0 Å². The number of methoxy groups -OCH3 is 1. The second-order valence-electron chi connectivity index (χ2n) is 4.92. The van der Waals surface area contributed by atoms with Gasteiger partial charge in [0.2, 0.25) is 5.91 Å². The van der Waals surface area contributed by atoms with Gasteiger partial charge in [-0.25, -0.2) is 0 Å². The Bertz CT molecular complexity index is 540. The van der Waals surface area contributed by atoms with Gasteiger partial charge in [-0.15, -0.1) is 0 Å². The molecule has 1 aromatic carbocycles. The average molecular weight is 262 g/mol. The van der Waals surface area contributed by atoms with Gasteiger partial charge < -0.3 is 15.4 Å². The first-order chi connectivity index (χ1) is 8.93. The van der Waals surface area contributed by atoms with E-state index < -0.39 is 5.92 Å². The molecule has 0 saturated carbocycles. The van der Waals surface area contributed by atoms with Crippen molar-refractivity contribution in [2.45, 2.75) is 20.3 Å². The van der Waals surface area contributed by atoms with E-state index in [-0.39, 0.29) is 18.3 Å². The molecule has 1 unspecified atom stereocenters. The predicted octanol–water partition coefficient (Wildman–Crippen LogP) is 1.41. The molecule has 1 aromatic rings. The number of rotatable bonds is 2. The molecule has 0 aliphatic carbocycles. The summed E-state index contributed by atoms with van der Waals surface area (Å²) in [4.78, 5) is 25.1. The van der Waals surface area contributed by atoms with E-state index in [2.05, 4.69) is 0 Å². The third kappa shape index (κ3) is 2.41. The van der Waals surface area contributed by atoms with Crippen LogP contribution in [-0.2, 0) is 14.3 Å². The average Bonchev–Trinajstić information content (AvgIpc) is 2.75. The maximum Gasteiger partial charge on any atom is 0.311 e. The van der Waals surface area contributed by atoms with Crippen LogP contribution in [0.4, 0.5) is 11.4 Å². The second kappa shape index (κ2) is 4.91. The van der Waals surface area contributed by atoms with Crippen LogP contribution >= 0.6 is 0 Å². The highest BCUT2D eigenvalue weighted by molar-refractivity contribution is 6.01. The molecule has 0 bridgehead atoms. The fraction of sp³-hybridized carbons (Fsp3) is 0.429. The molecule has 2 rings (SSSR count). The molecule has 1 saturated heterocycles. The monoisotopic (exact) mass is 262 g/mol. The Balaban J connectivity index is 2.30. The number of hydrogen-bond acceptors (Lipinski definition) is 4. The molecule has 19 heavy (non-hydrogen) atoms. The Morgan fingerprint density at radius 1 is 1.37 bits per heavy atom. The van der Waals surface area contributed by atoms with E-state index in [9.17, 15) is 9.59 Å². The number of anilines is 2. The number of hydrogen-bond donors (Lipinski definition) is 1. The maximum absolute atomic E-state index is 12.0. The summed E-state index contributed by atoms with van der Waals surface area (Å²) in [6.45, 7) is 4.27. The lowest BCUT2D eigenvalue weighted by molar-refractivity contribution is -0.145. The number of carbonyl (C=O) groups excluding carboxylic acids is 2. The van der Waals surface area contributed by atoms with Crippen LogP contribution in [-0.4, -0.2) is 25.5 Å². The van der Waals surface area contributed by atoms with Crippen molar-refractivity contribution in [3.05, 3.63) is 23.3 Å². The minimum absolute atomic E-state index is 0.0923. The first-order valence-corrected chi connectivity index (χ1v) is 6.19. The van der Waals surface area contributed by atoms with E-state index in [1.54, 1.807) is 4.90 Å². The Hall–Kier alpha value is -2.04. The standard InChI is InChI=1S/C14H18N2O3/c1-8-4-11(15)12(5-9(8)2)16-7-10(6-13(16)17)14(18)19-3/h4-5,10H,6-7,15H2,1-3H3. The molecule has 1 aliphatic heterocycles. The highest BCUT2D eigenvalue weighted by Gasteiger charge is 2.36. The smallest absolute Gasteiger partial charge is 0.311 e. The van der Waals surface area contributed by atoms with Crippen molar-refractivity contribution < 1.29 is 14.3 Å². The van der Waals surface area contributed by atoms with Gasteiger partial charge in [0.1, 0.15) is 0 Å². The third-order valence-corrected chi connectivity index (χ3v) is 3.59. The van der Waals surface area contributed by atoms with Crippen LogP contribution in [0.5, 0.6) is 0 Å². The van der Waals surface area contributed by atoms with Gasteiger partial charge in [0.15, 0.2) is 0 Å². The number of carbonyl (C=O) groups is 2. The molecular weight excluding hydrogens is 244 g/mol. The number of ether oxygens (including phenoxy) is 1. The van der Waals surface area contributed by atoms with Gasteiger partial charge >= 0.3 is 5.97 Å². The zero-order chi connectivity index (χ0) is 14.2. The van der Waals surface area contributed by atoms with E-state index >= 15 is 0 Å². The molecule has 5 heteroatoms. The lowest BCUT2D eigenvalue weighted by Gasteiger charge is -2.20. The van der Waals surface area contributed by atoms with Crippen molar-refractivity contribution in [2.75, 3.05) is 24.3 Å². The fourth-order valence-corrected chi connectivity index (χ4v) is 2.32. The van der Waals surface area contributed by atoms with Crippen LogP contribution in [0.25, 0.3) is 0 Å². The van der Waals surface area contributed by atoms with Crippen molar-refractivity contribution in [2.24, 2.45) is 5.92 Å². The van der Waals surface area contributed by atoms with E-state index in [1.165, 1.54) is 7.11 Å². The summed E-state index contributed by atoms with van der Waals surface area (Å²) in [5.74, 6) is -0.845. The maximum atomic E-state index is 12.0. The van der Waals surface area contributed by atoms with Gasteiger partial charge in [0.25, 0.3) is 0 Å². The number of nitrogens with two attached hydrogens (primary N) is 1. The molecule has 1 aliphatic rings. The molecule has 0 radical (unpaired) electrons. The number of nitrogen functional groups attached to an aromatic ring is 1. The van der Waals surface area contributed by atoms with E-state index in [4.69, 9.17) is 10.5 Å². The summed E-state index contributed by atoms with van der Waals surface area (Å²) < 4.78 is 4.69. The Morgan fingerprint density at radius 3 is 2.63 bits per heavy atom. The molecule has 0 spiro atoms. The summed E-state index contributed by atoms with van der Waals surface area (Å²) in [6.07, 6.45) is 0.180. The molecule has 5 nitrogen and oxygen atoms in total. The molecule has 1 heterocycles. The molecule has 102 valence electrons. The number of aryl methyl sites for hydroxylation is 2. The minimum atomic E-state index is -0.404. The van der Waals surface area contributed by atoms with Gasteiger partial charge in [0.05, 0.1) is 24.4 Å². The lowest BCUT2D eigenvalue weighted by atomic mass is 10.1. The summed E-state index contributed by atoms with van der Waals surface area (Å²) in [5.41, 5.74) is 9.36. The van der Waals surface area contributed by atoms with Crippen molar-refractivity contribution >= 4 is 23.3 Å². The van der Waals surface area contributed by atoms with Crippen molar-refractivity contribution in [1.82, 2.24) is 0 Å². The van der Waals surface area contributed by atoms with Crippen molar-refractivity contribution in [3.63, 3.8) is 0 Å². The van der Waals surface area contributed by atoms with Crippen molar-refractivity contribution in [3.8, 4) is 0 Å². The molecule has 2 N–H and O–H groups in total. The van der Waals surface area contributed by atoms with Crippen LogP contribution in [0.3, 0.4) is 0 Å². The number of benzene rings is 1. The number of esters is 1. The fourth-order valence-electron chi connectivity index (χ4n) is 2.32. The Morgan fingerprint density at radius 2 is 2.00 bits per heavy atom. The van der Waals surface area contributed by atoms with Gasteiger partial charge in [-0.05, 0) is 37.1 Å². The number of amides is 1. The Kier molecular flexibility index (Phi) is 3.46. The normalized spacial score (nSPS) is 18.8. The summed E-state index contributed by atoms with van der Waals surface area (Å²) in [7, 11) is 1.33. The second-order valence-corrected chi connectivity index (χ2v) is 4.92. The van der Waals surface area contributed by atoms with Gasteiger partial charge in [-0.3, -0.25) is 9.59 Å². The van der Waals surface area contributed by atoms with E-state index in [0.29, 0.717) is 17.9 Å². The van der Waals surface area contributed by atoms with E-state index in [0.717, 1.165) is 11.1 Å². The Labute approximate surface area is 112 Å². The molecule has 1 fully saturated rings. The zero-order valence-corrected chi connectivity index (χ0v) is 11.4. The lowest BCUT2D eigenvalue weighted by Crippen LogP contribution is -2.27. The molecule has 1 amide bonds. The van der Waals surface area contributed by atoms with Crippen LogP contribution in [0, 0.1) is 19.8 Å². The topological polar surface area (TPSA) is 72.6 Å². The highest BCUT2D eigenvalue weighted by atomic mass is 16.5. The minimum Gasteiger partial charge on any atom is -0.469 e. The summed E-state index contributed by atoms with van der Waals surface area (Å²) in [5, 5.41) is 0. The van der Waals surface area contributed by atoms with Crippen LogP contribution in [0.15, 0.2) is 12.1 Å². The largest absolute Gasteiger partial charge is 0.469 e.